The van der Waals surface area contributed by atoms with Crippen LogP contribution in [0.4, 0.5) is 0 Å². The van der Waals surface area contributed by atoms with Gasteiger partial charge in [-0.1, -0.05) is 197 Å². The topological polar surface area (TPSA) is 78.9 Å². The predicted octanol–water partition coefficient (Wildman–Crippen LogP) is 15.3. The Balaban J connectivity index is 4.40. The lowest BCUT2D eigenvalue weighted by molar-refractivity contribution is -0.167. The summed E-state index contributed by atoms with van der Waals surface area (Å²) >= 11 is 0. The van der Waals surface area contributed by atoms with E-state index in [1.54, 1.807) is 0 Å². The second-order valence-corrected chi connectivity index (χ2v) is 15.7. The highest BCUT2D eigenvalue weighted by Crippen LogP contribution is 2.14. The lowest BCUT2D eigenvalue weighted by Crippen LogP contribution is -2.30. The van der Waals surface area contributed by atoms with Gasteiger partial charge in [0.05, 0.1) is 0 Å². The zero-order chi connectivity index (χ0) is 41.5. The third kappa shape index (κ3) is 44.1. The number of carbonyl (C=O) groups excluding carboxylic acids is 3. The number of rotatable bonds is 42. The zero-order valence-electron chi connectivity index (χ0n) is 37.3. The smallest absolute Gasteiger partial charge is 0.306 e. The molecule has 0 N–H and O–H groups in total. The van der Waals surface area contributed by atoms with Crippen LogP contribution in [0.2, 0.25) is 0 Å². The van der Waals surface area contributed by atoms with Crippen LogP contribution in [0.5, 0.6) is 0 Å². The highest BCUT2D eigenvalue weighted by molar-refractivity contribution is 5.71. The van der Waals surface area contributed by atoms with Crippen LogP contribution in [0.25, 0.3) is 0 Å². The molecule has 0 aromatic rings. The highest BCUT2D eigenvalue weighted by Gasteiger charge is 2.19. The van der Waals surface area contributed by atoms with Crippen LogP contribution in [0.1, 0.15) is 226 Å². The van der Waals surface area contributed by atoms with Crippen molar-refractivity contribution in [2.24, 2.45) is 0 Å². The van der Waals surface area contributed by atoms with E-state index < -0.39 is 6.10 Å². The van der Waals surface area contributed by atoms with E-state index in [2.05, 4.69) is 81.5 Å². The van der Waals surface area contributed by atoms with Crippen molar-refractivity contribution < 1.29 is 28.6 Å². The van der Waals surface area contributed by atoms with Gasteiger partial charge in [-0.15, -0.1) is 0 Å². The number of ether oxygens (including phenoxy) is 3. The Morgan fingerprint density at radius 2 is 0.754 bits per heavy atom. The van der Waals surface area contributed by atoms with Crippen molar-refractivity contribution in [3.63, 3.8) is 0 Å². The maximum atomic E-state index is 12.7. The van der Waals surface area contributed by atoms with Gasteiger partial charge in [-0.3, -0.25) is 14.4 Å². The van der Waals surface area contributed by atoms with Gasteiger partial charge in [0.15, 0.2) is 6.10 Å². The SMILES string of the molecule is CC/C=C\C/C=C\C/C=C\CCCCCCCCC(=O)OCC(COC(=O)CCCCC/C=C\C=C/CCCC)OC(=O)CCCCCCCCCCCCCC. The molecular formula is C51H88O6. The molecule has 0 fully saturated rings. The van der Waals surface area contributed by atoms with Crippen molar-refractivity contribution in [1.29, 1.82) is 0 Å². The Morgan fingerprint density at radius 3 is 1.25 bits per heavy atom. The summed E-state index contributed by atoms with van der Waals surface area (Å²) in [6.07, 6.45) is 54.9. The number of hydrogen-bond donors (Lipinski definition) is 0. The average Bonchev–Trinajstić information content (AvgIpc) is 3.21. The first kappa shape index (κ1) is 54.1. The third-order valence-electron chi connectivity index (χ3n) is 10.0. The van der Waals surface area contributed by atoms with E-state index in [-0.39, 0.29) is 31.1 Å². The number of esters is 3. The molecule has 0 bridgehead atoms. The van der Waals surface area contributed by atoms with Gasteiger partial charge >= 0.3 is 17.9 Å². The Labute approximate surface area is 351 Å². The Bertz CT molecular complexity index is 1050. The number of allylic oxidation sites excluding steroid dienone is 10. The largest absolute Gasteiger partial charge is 0.462 e. The lowest BCUT2D eigenvalue weighted by atomic mass is 10.0. The first-order valence-corrected chi connectivity index (χ1v) is 23.8. The van der Waals surface area contributed by atoms with Gasteiger partial charge in [0, 0.05) is 19.3 Å². The van der Waals surface area contributed by atoms with Crippen molar-refractivity contribution >= 4 is 17.9 Å². The first-order valence-electron chi connectivity index (χ1n) is 23.8. The van der Waals surface area contributed by atoms with E-state index in [4.69, 9.17) is 14.2 Å². The van der Waals surface area contributed by atoms with E-state index in [1.807, 2.05) is 0 Å². The summed E-state index contributed by atoms with van der Waals surface area (Å²) in [5.41, 5.74) is 0. The van der Waals surface area contributed by atoms with Gasteiger partial charge in [0.1, 0.15) is 13.2 Å². The van der Waals surface area contributed by atoms with E-state index in [0.717, 1.165) is 96.3 Å². The second kappa shape index (κ2) is 45.8. The van der Waals surface area contributed by atoms with Gasteiger partial charge < -0.3 is 14.2 Å². The maximum absolute atomic E-state index is 12.7. The molecule has 1 unspecified atom stereocenters. The first-order chi connectivity index (χ1) is 28.0. The minimum Gasteiger partial charge on any atom is -0.462 e. The molecule has 0 heterocycles. The summed E-state index contributed by atoms with van der Waals surface area (Å²) < 4.78 is 16.7. The predicted molar refractivity (Wildman–Crippen MR) is 242 cm³/mol. The van der Waals surface area contributed by atoms with Crippen LogP contribution in [0.15, 0.2) is 60.8 Å². The summed E-state index contributed by atoms with van der Waals surface area (Å²) in [5, 5.41) is 0. The van der Waals surface area contributed by atoms with Crippen LogP contribution in [0.3, 0.4) is 0 Å². The normalized spacial score (nSPS) is 12.5. The van der Waals surface area contributed by atoms with Crippen LogP contribution in [-0.4, -0.2) is 37.2 Å². The van der Waals surface area contributed by atoms with E-state index in [0.29, 0.717) is 19.3 Å². The van der Waals surface area contributed by atoms with Gasteiger partial charge in [0.25, 0.3) is 0 Å². The molecule has 0 saturated carbocycles. The van der Waals surface area contributed by atoms with Gasteiger partial charge in [-0.2, -0.15) is 0 Å². The zero-order valence-corrected chi connectivity index (χ0v) is 37.3. The molecule has 328 valence electrons. The number of carbonyl (C=O) groups is 3. The van der Waals surface area contributed by atoms with E-state index >= 15 is 0 Å². The van der Waals surface area contributed by atoms with Crippen molar-refractivity contribution in [2.45, 2.75) is 232 Å². The fourth-order valence-electron chi connectivity index (χ4n) is 6.43. The van der Waals surface area contributed by atoms with Gasteiger partial charge in [0.2, 0.25) is 0 Å². The van der Waals surface area contributed by atoms with Crippen molar-refractivity contribution in [3.05, 3.63) is 60.8 Å². The molecule has 0 aromatic heterocycles. The van der Waals surface area contributed by atoms with Crippen molar-refractivity contribution in [2.75, 3.05) is 13.2 Å². The quantitative estimate of drug-likeness (QED) is 0.0201. The fourth-order valence-corrected chi connectivity index (χ4v) is 6.43. The molecule has 0 aliphatic heterocycles. The lowest BCUT2D eigenvalue weighted by Gasteiger charge is -2.18. The fraction of sp³-hybridized carbons (Fsp3) is 0.745. The maximum Gasteiger partial charge on any atom is 0.306 e. The van der Waals surface area contributed by atoms with Gasteiger partial charge in [-0.05, 0) is 70.6 Å². The van der Waals surface area contributed by atoms with Crippen LogP contribution in [-0.2, 0) is 28.6 Å². The van der Waals surface area contributed by atoms with E-state index in [9.17, 15) is 14.4 Å². The molecular weight excluding hydrogens is 709 g/mol. The summed E-state index contributed by atoms with van der Waals surface area (Å²) in [4.78, 5) is 37.8. The molecule has 57 heavy (non-hydrogen) atoms. The molecule has 0 aliphatic carbocycles. The molecule has 0 rings (SSSR count). The van der Waals surface area contributed by atoms with Crippen LogP contribution in [0, 0.1) is 0 Å². The molecule has 0 aliphatic rings. The van der Waals surface area contributed by atoms with E-state index in [1.165, 1.54) is 89.9 Å². The molecule has 0 saturated heterocycles. The second-order valence-electron chi connectivity index (χ2n) is 15.7. The Kier molecular flexibility index (Phi) is 43.5. The summed E-state index contributed by atoms with van der Waals surface area (Å²) in [6, 6.07) is 0. The van der Waals surface area contributed by atoms with Crippen molar-refractivity contribution in [3.8, 4) is 0 Å². The molecule has 0 amide bonds. The average molecular weight is 797 g/mol. The molecule has 1 atom stereocenters. The molecule has 0 spiro atoms. The van der Waals surface area contributed by atoms with Crippen LogP contribution >= 0.6 is 0 Å². The number of unbranched alkanes of at least 4 members (excludes halogenated alkanes) is 22. The van der Waals surface area contributed by atoms with Gasteiger partial charge in [-0.25, -0.2) is 0 Å². The molecule has 0 radical (unpaired) electrons. The minimum atomic E-state index is -0.786. The highest BCUT2D eigenvalue weighted by atomic mass is 16.6. The van der Waals surface area contributed by atoms with Crippen LogP contribution < -0.4 is 0 Å². The summed E-state index contributed by atoms with van der Waals surface area (Å²) in [7, 11) is 0. The Morgan fingerprint density at radius 1 is 0.386 bits per heavy atom. The summed E-state index contributed by atoms with van der Waals surface area (Å²) in [5.74, 6) is -0.929. The third-order valence-corrected chi connectivity index (χ3v) is 10.0. The molecule has 0 aromatic carbocycles. The minimum absolute atomic E-state index is 0.0886. The molecule has 6 heteroatoms. The molecule has 6 nitrogen and oxygen atoms in total. The summed E-state index contributed by atoms with van der Waals surface area (Å²) in [6.45, 7) is 6.43. The Hall–Kier alpha value is -2.89. The van der Waals surface area contributed by atoms with Crippen molar-refractivity contribution in [1.82, 2.24) is 0 Å². The monoisotopic (exact) mass is 797 g/mol. The standard InChI is InChI=1S/C51H88O6/c1-4-7-10-13-16-19-22-24-25-26-27-30-32-35-38-41-44-50(53)56-47-48(46-55-49(52)43-40-37-34-31-28-21-18-15-12-9-6-3)57-51(54)45-42-39-36-33-29-23-20-17-14-11-8-5-2/h7,10,15-16,18-19,21,24-25,28,48H,4-6,8-9,11-14,17,20,22-23,26-27,29-47H2,1-3H3/b10-7-,18-15-,19-16-,25-24-,28-21-. The number of hydrogen-bond acceptors (Lipinski definition) is 6.